The van der Waals surface area contributed by atoms with Gasteiger partial charge in [-0.1, -0.05) is 0 Å². The summed E-state index contributed by atoms with van der Waals surface area (Å²) in [5.74, 6) is -2.54. The maximum atomic E-state index is 11.2. The van der Waals surface area contributed by atoms with Crippen molar-refractivity contribution in [1.29, 1.82) is 0 Å². The number of rotatable bonds is 10. The number of hydrogen-bond donors (Lipinski definition) is 4. The smallest absolute Gasteiger partial charge is 0.336 e. The number of benzene rings is 1. The second-order valence-corrected chi connectivity index (χ2v) is 4.33. The van der Waals surface area contributed by atoms with Gasteiger partial charge in [-0.3, -0.25) is 0 Å². The monoisotopic (exact) mass is 314 g/mol. The zero-order valence-corrected chi connectivity index (χ0v) is 11.8. The molecule has 0 spiro atoms. The van der Waals surface area contributed by atoms with E-state index in [1.807, 2.05) is 0 Å². The van der Waals surface area contributed by atoms with Gasteiger partial charge >= 0.3 is 11.9 Å². The van der Waals surface area contributed by atoms with E-state index in [1.165, 1.54) is 6.07 Å². The van der Waals surface area contributed by atoms with Gasteiger partial charge in [0.25, 0.3) is 0 Å². The molecule has 0 aliphatic heterocycles. The van der Waals surface area contributed by atoms with Crippen LogP contribution in [0.15, 0.2) is 12.1 Å². The standard InChI is InChI=1S/C14H18O8/c15-1-3-21-7-9-5-10(8-22-4-2-16)12(14(19)20)6-11(9)13(17)18/h5-6,15-16H,1-4,7-8H2,(H,17,18)(H,19,20). The molecule has 1 aromatic carbocycles. The molecule has 1 aromatic rings. The second-order valence-electron chi connectivity index (χ2n) is 4.33. The van der Waals surface area contributed by atoms with Crippen LogP contribution in [0, 0.1) is 0 Å². The maximum absolute atomic E-state index is 11.2. The molecule has 0 radical (unpaired) electrons. The average Bonchev–Trinajstić information content (AvgIpc) is 2.47. The summed E-state index contributed by atoms with van der Waals surface area (Å²) in [6.07, 6.45) is 0. The van der Waals surface area contributed by atoms with Crippen LogP contribution in [0.1, 0.15) is 31.8 Å². The fraction of sp³-hybridized carbons (Fsp3) is 0.429. The Morgan fingerprint density at radius 2 is 1.23 bits per heavy atom. The van der Waals surface area contributed by atoms with E-state index in [0.29, 0.717) is 0 Å². The normalized spacial score (nSPS) is 10.6. The summed E-state index contributed by atoms with van der Waals surface area (Å²) in [4.78, 5) is 22.5. The molecule has 0 bridgehead atoms. The summed E-state index contributed by atoms with van der Waals surface area (Å²) in [6, 6.07) is 2.45. The van der Waals surface area contributed by atoms with Crippen LogP contribution in [0.5, 0.6) is 0 Å². The highest BCUT2D eigenvalue weighted by Gasteiger charge is 2.19. The Morgan fingerprint density at radius 3 is 1.55 bits per heavy atom. The van der Waals surface area contributed by atoms with Gasteiger partial charge in [-0.2, -0.15) is 0 Å². The van der Waals surface area contributed by atoms with Gasteiger partial charge in [0.1, 0.15) is 0 Å². The molecule has 0 saturated heterocycles. The Kier molecular flexibility index (Phi) is 7.47. The molecule has 0 fully saturated rings. The molecule has 0 aromatic heterocycles. The van der Waals surface area contributed by atoms with Crippen LogP contribution in [-0.4, -0.2) is 58.8 Å². The van der Waals surface area contributed by atoms with Gasteiger partial charge in [-0.25, -0.2) is 9.59 Å². The predicted molar refractivity (Wildman–Crippen MR) is 73.8 cm³/mol. The highest BCUT2D eigenvalue weighted by molar-refractivity contribution is 5.96. The highest BCUT2D eigenvalue weighted by Crippen LogP contribution is 2.20. The molecule has 0 unspecified atom stereocenters. The number of carboxylic acids is 2. The van der Waals surface area contributed by atoms with E-state index in [0.717, 1.165) is 6.07 Å². The number of aromatic carboxylic acids is 2. The Balaban J connectivity index is 3.13. The molecule has 8 heteroatoms. The number of carbonyl (C=O) groups is 2. The SMILES string of the molecule is O=C(O)c1cc(C(=O)O)c(COCCO)cc1COCCO. The fourth-order valence-corrected chi connectivity index (χ4v) is 1.83. The largest absolute Gasteiger partial charge is 0.478 e. The molecule has 0 amide bonds. The van der Waals surface area contributed by atoms with Crippen LogP contribution in [0.2, 0.25) is 0 Å². The molecule has 0 atom stereocenters. The van der Waals surface area contributed by atoms with Crippen molar-refractivity contribution in [1.82, 2.24) is 0 Å². The van der Waals surface area contributed by atoms with Gasteiger partial charge in [0, 0.05) is 0 Å². The Morgan fingerprint density at radius 1 is 0.818 bits per heavy atom. The van der Waals surface area contributed by atoms with E-state index >= 15 is 0 Å². The summed E-state index contributed by atoms with van der Waals surface area (Å²) in [5.41, 5.74) is 0.213. The van der Waals surface area contributed by atoms with E-state index in [2.05, 4.69) is 0 Å². The zero-order chi connectivity index (χ0) is 16.5. The lowest BCUT2D eigenvalue weighted by molar-refractivity contribution is 0.0661. The van der Waals surface area contributed by atoms with Gasteiger partial charge < -0.3 is 29.9 Å². The molecule has 22 heavy (non-hydrogen) atoms. The lowest BCUT2D eigenvalue weighted by atomic mass is 9.99. The number of hydrogen-bond acceptors (Lipinski definition) is 6. The molecule has 4 N–H and O–H groups in total. The first-order valence-corrected chi connectivity index (χ1v) is 6.50. The third-order valence-electron chi connectivity index (χ3n) is 2.78. The van der Waals surface area contributed by atoms with Crippen molar-refractivity contribution >= 4 is 11.9 Å². The third kappa shape index (κ3) is 5.08. The van der Waals surface area contributed by atoms with Crippen LogP contribution in [0.4, 0.5) is 0 Å². The van der Waals surface area contributed by atoms with Crippen molar-refractivity contribution in [2.45, 2.75) is 13.2 Å². The summed E-state index contributed by atoms with van der Waals surface area (Å²) in [7, 11) is 0. The second kappa shape index (κ2) is 9.11. The van der Waals surface area contributed by atoms with Gasteiger partial charge in [-0.15, -0.1) is 0 Å². The molecular weight excluding hydrogens is 296 g/mol. The molecule has 0 saturated carbocycles. The van der Waals surface area contributed by atoms with E-state index in [1.54, 1.807) is 0 Å². The highest BCUT2D eigenvalue weighted by atomic mass is 16.5. The molecule has 0 heterocycles. The van der Waals surface area contributed by atoms with Crippen molar-refractivity contribution in [3.8, 4) is 0 Å². The molecule has 122 valence electrons. The first kappa shape index (κ1) is 18.1. The van der Waals surface area contributed by atoms with Crippen molar-refractivity contribution in [2.75, 3.05) is 26.4 Å². The third-order valence-corrected chi connectivity index (χ3v) is 2.78. The van der Waals surface area contributed by atoms with Crippen molar-refractivity contribution in [3.63, 3.8) is 0 Å². The van der Waals surface area contributed by atoms with Crippen LogP contribution >= 0.6 is 0 Å². The van der Waals surface area contributed by atoms with Crippen LogP contribution in [0.3, 0.4) is 0 Å². The lowest BCUT2D eigenvalue weighted by Gasteiger charge is -2.13. The van der Waals surface area contributed by atoms with Crippen LogP contribution < -0.4 is 0 Å². The van der Waals surface area contributed by atoms with Gasteiger partial charge in [-0.05, 0) is 23.3 Å². The Hall–Kier alpha value is -2.00. The van der Waals surface area contributed by atoms with E-state index in [-0.39, 0.29) is 61.9 Å². The quantitative estimate of drug-likeness (QED) is 0.447. The summed E-state index contributed by atoms with van der Waals surface area (Å²) in [5, 5.41) is 35.7. The average molecular weight is 314 g/mol. The van der Waals surface area contributed by atoms with E-state index in [9.17, 15) is 19.8 Å². The fourth-order valence-electron chi connectivity index (χ4n) is 1.83. The summed E-state index contributed by atoms with van der Waals surface area (Å²) >= 11 is 0. The Bertz CT molecular complexity index is 483. The number of ether oxygens (including phenoxy) is 2. The molecule has 0 aliphatic rings. The summed E-state index contributed by atoms with van der Waals surface area (Å²) in [6.45, 7) is -0.486. The Labute approximate surface area is 126 Å². The van der Waals surface area contributed by atoms with Crippen molar-refractivity contribution in [3.05, 3.63) is 34.4 Å². The van der Waals surface area contributed by atoms with E-state index < -0.39 is 11.9 Å². The number of carboxylic acid groups (broad SMARTS) is 2. The number of aliphatic hydroxyl groups is 2. The maximum Gasteiger partial charge on any atom is 0.336 e. The van der Waals surface area contributed by atoms with Crippen LogP contribution in [-0.2, 0) is 22.7 Å². The van der Waals surface area contributed by atoms with E-state index in [4.69, 9.17) is 19.7 Å². The summed E-state index contributed by atoms with van der Waals surface area (Å²) < 4.78 is 10.2. The van der Waals surface area contributed by atoms with Crippen molar-refractivity contribution in [2.24, 2.45) is 0 Å². The van der Waals surface area contributed by atoms with Crippen LogP contribution in [0.25, 0.3) is 0 Å². The molecular formula is C14H18O8. The topological polar surface area (TPSA) is 134 Å². The van der Waals surface area contributed by atoms with Gasteiger partial charge in [0.2, 0.25) is 0 Å². The minimum absolute atomic E-state index is 0.0378. The van der Waals surface area contributed by atoms with Crippen molar-refractivity contribution < 1.29 is 39.5 Å². The number of aliphatic hydroxyl groups excluding tert-OH is 2. The lowest BCUT2D eigenvalue weighted by Crippen LogP contribution is -2.13. The zero-order valence-electron chi connectivity index (χ0n) is 11.8. The first-order chi connectivity index (χ1) is 10.5. The molecule has 8 nitrogen and oxygen atoms in total. The first-order valence-electron chi connectivity index (χ1n) is 6.50. The minimum atomic E-state index is -1.27. The predicted octanol–water partition coefficient (Wildman–Crippen LogP) is 0.101. The van der Waals surface area contributed by atoms with Gasteiger partial charge in [0.15, 0.2) is 0 Å². The molecule has 1 rings (SSSR count). The molecule has 0 aliphatic carbocycles. The minimum Gasteiger partial charge on any atom is -0.478 e. The van der Waals surface area contributed by atoms with Gasteiger partial charge in [0.05, 0.1) is 50.8 Å².